The largest absolute Gasteiger partial charge is 0.469 e. The van der Waals surface area contributed by atoms with Gasteiger partial charge < -0.3 is 9.73 Å². The SMILES string of the molecule is CCNC(c1ccoc1CC)c1csc2ccccc12. The summed E-state index contributed by atoms with van der Waals surface area (Å²) in [5, 5.41) is 7.21. The van der Waals surface area contributed by atoms with Gasteiger partial charge in [0.25, 0.3) is 0 Å². The van der Waals surface area contributed by atoms with Gasteiger partial charge in [0, 0.05) is 16.7 Å². The fourth-order valence-electron chi connectivity index (χ4n) is 2.71. The van der Waals surface area contributed by atoms with E-state index in [0.717, 1.165) is 18.7 Å². The second kappa shape index (κ2) is 5.81. The minimum absolute atomic E-state index is 0.213. The third kappa shape index (κ3) is 2.28. The standard InChI is InChI=1S/C17H19NOS/c1-3-15-13(9-10-19-15)17(18-4-2)14-11-20-16-8-6-5-7-12(14)16/h5-11,17-18H,3-4H2,1-2H3. The average Bonchev–Trinajstić information content (AvgIpc) is 3.11. The molecule has 0 spiro atoms. The number of furan rings is 1. The van der Waals surface area contributed by atoms with Gasteiger partial charge in [-0.15, -0.1) is 11.3 Å². The summed E-state index contributed by atoms with van der Waals surface area (Å²) in [5.74, 6) is 1.08. The molecular formula is C17H19NOS. The van der Waals surface area contributed by atoms with E-state index in [-0.39, 0.29) is 6.04 Å². The van der Waals surface area contributed by atoms with E-state index in [2.05, 4.69) is 54.9 Å². The number of benzene rings is 1. The summed E-state index contributed by atoms with van der Waals surface area (Å²) < 4.78 is 6.95. The van der Waals surface area contributed by atoms with E-state index in [0.29, 0.717) is 0 Å². The van der Waals surface area contributed by atoms with Crippen LogP contribution in [0.3, 0.4) is 0 Å². The summed E-state index contributed by atoms with van der Waals surface area (Å²) in [7, 11) is 0. The van der Waals surface area contributed by atoms with Crippen LogP contribution in [0.5, 0.6) is 0 Å². The van der Waals surface area contributed by atoms with E-state index < -0.39 is 0 Å². The van der Waals surface area contributed by atoms with Crippen molar-refractivity contribution in [2.45, 2.75) is 26.3 Å². The van der Waals surface area contributed by atoms with Crippen molar-refractivity contribution in [1.82, 2.24) is 5.32 Å². The molecule has 0 aliphatic rings. The van der Waals surface area contributed by atoms with Crippen molar-refractivity contribution in [3.05, 3.63) is 58.9 Å². The molecule has 0 aliphatic heterocycles. The predicted molar refractivity (Wildman–Crippen MR) is 85.4 cm³/mol. The maximum atomic E-state index is 5.61. The molecule has 0 saturated heterocycles. The van der Waals surface area contributed by atoms with E-state index in [1.807, 2.05) is 11.3 Å². The molecule has 2 nitrogen and oxygen atoms in total. The molecule has 3 rings (SSSR count). The second-order valence-corrected chi connectivity index (χ2v) is 5.74. The number of aryl methyl sites for hydroxylation is 1. The summed E-state index contributed by atoms with van der Waals surface area (Å²) in [6.45, 7) is 5.22. The Morgan fingerprint density at radius 3 is 2.80 bits per heavy atom. The van der Waals surface area contributed by atoms with Crippen molar-refractivity contribution in [2.75, 3.05) is 6.54 Å². The quantitative estimate of drug-likeness (QED) is 0.731. The Morgan fingerprint density at radius 2 is 2.00 bits per heavy atom. The van der Waals surface area contributed by atoms with Crippen LogP contribution < -0.4 is 5.32 Å². The molecule has 1 N–H and O–H groups in total. The smallest absolute Gasteiger partial charge is 0.108 e. The Kier molecular flexibility index (Phi) is 3.90. The normalized spacial score (nSPS) is 12.9. The first-order valence-electron chi connectivity index (χ1n) is 7.11. The van der Waals surface area contributed by atoms with E-state index >= 15 is 0 Å². The highest BCUT2D eigenvalue weighted by Gasteiger charge is 2.21. The molecule has 0 bridgehead atoms. The molecule has 0 saturated carbocycles. The number of hydrogen-bond donors (Lipinski definition) is 1. The lowest BCUT2D eigenvalue weighted by Crippen LogP contribution is -2.22. The van der Waals surface area contributed by atoms with Crippen molar-refractivity contribution in [2.24, 2.45) is 0 Å². The molecule has 0 aliphatic carbocycles. The molecule has 3 aromatic rings. The molecule has 2 aromatic heterocycles. The van der Waals surface area contributed by atoms with Crippen LogP contribution in [0.2, 0.25) is 0 Å². The van der Waals surface area contributed by atoms with Gasteiger partial charge in [0.05, 0.1) is 12.3 Å². The van der Waals surface area contributed by atoms with Crippen molar-refractivity contribution >= 4 is 21.4 Å². The van der Waals surface area contributed by atoms with Gasteiger partial charge in [-0.2, -0.15) is 0 Å². The summed E-state index contributed by atoms with van der Waals surface area (Å²) >= 11 is 1.81. The molecule has 20 heavy (non-hydrogen) atoms. The van der Waals surface area contributed by atoms with Gasteiger partial charge in [-0.25, -0.2) is 0 Å². The zero-order valence-corrected chi connectivity index (χ0v) is 12.7. The van der Waals surface area contributed by atoms with E-state index in [9.17, 15) is 0 Å². The Hall–Kier alpha value is -1.58. The van der Waals surface area contributed by atoms with Gasteiger partial charge in [0.15, 0.2) is 0 Å². The van der Waals surface area contributed by atoms with Gasteiger partial charge in [-0.1, -0.05) is 32.0 Å². The first-order valence-corrected chi connectivity index (χ1v) is 7.98. The molecular weight excluding hydrogens is 266 g/mol. The summed E-state index contributed by atoms with van der Waals surface area (Å²) in [4.78, 5) is 0. The van der Waals surface area contributed by atoms with E-state index in [1.54, 1.807) is 6.26 Å². The lowest BCUT2D eigenvalue weighted by atomic mass is 9.97. The molecule has 0 radical (unpaired) electrons. The number of fused-ring (bicyclic) bond motifs is 1. The number of rotatable bonds is 5. The van der Waals surface area contributed by atoms with Crippen LogP contribution in [0, 0.1) is 0 Å². The van der Waals surface area contributed by atoms with Crippen LogP contribution in [0.4, 0.5) is 0 Å². The van der Waals surface area contributed by atoms with Crippen LogP contribution in [0.15, 0.2) is 46.4 Å². The zero-order valence-electron chi connectivity index (χ0n) is 11.8. The fraction of sp³-hybridized carbons (Fsp3) is 0.294. The van der Waals surface area contributed by atoms with Crippen molar-refractivity contribution < 1.29 is 4.42 Å². The van der Waals surface area contributed by atoms with Crippen LogP contribution >= 0.6 is 11.3 Å². The Bertz CT molecular complexity index is 698. The Labute approximate surface area is 123 Å². The molecule has 0 amide bonds. The summed E-state index contributed by atoms with van der Waals surface area (Å²) in [5.41, 5.74) is 2.61. The molecule has 1 atom stereocenters. The maximum Gasteiger partial charge on any atom is 0.108 e. The highest BCUT2D eigenvalue weighted by atomic mass is 32.1. The lowest BCUT2D eigenvalue weighted by molar-refractivity contribution is 0.502. The van der Waals surface area contributed by atoms with Crippen LogP contribution in [0.25, 0.3) is 10.1 Å². The van der Waals surface area contributed by atoms with Crippen LogP contribution in [0.1, 0.15) is 36.8 Å². The maximum absolute atomic E-state index is 5.61. The number of hydrogen-bond acceptors (Lipinski definition) is 3. The van der Waals surface area contributed by atoms with E-state index in [1.165, 1.54) is 21.2 Å². The Morgan fingerprint density at radius 1 is 1.15 bits per heavy atom. The number of nitrogens with one attached hydrogen (secondary N) is 1. The third-order valence-electron chi connectivity index (χ3n) is 3.64. The zero-order chi connectivity index (χ0) is 13.9. The first kappa shape index (κ1) is 13.4. The number of thiophene rings is 1. The summed E-state index contributed by atoms with van der Waals surface area (Å²) in [6, 6.07) is 10.9. The highest BCUT2D eigenvalue weighted by molar-refractivity contribution is 7.17. The molecule has 0 fully saturated rings. The Balaban J connectivity index is 2.11. The molecule has 1 unspecified atom stereocenters. The van der Waals surface area contributed by atoms with Gasteiger partial charge >= 0.3 is 0 Å². The van der Waals surface area contributed by atoms with E-state index in [4.69, 9.17) is 4.42 Å². The minimum Gasteiger partial charge on any atom is -0.469 e. The lowest BCUT2D eigenvalue weighted by Gasteiger charge is -2.17. The third-order valence-corrected chi connectivity index (χ3v) is 4.62. The summed E-state index contributed by atoms with van der Waals surface area (Å²) in [6.07, 6.45) is 2.72. The van der Waals surface area contributed by atoms with Crippen molar-refractivity contribution in [3.63, 3.8) is 0 Å². The first-order chi connectivity index (χ1) is 9.85. The minimum atomic E-state index is 0.213. The van der Waals surface area contributed by atoms with Gasteiger partial charge in [-0.05, 0) is 35.0 Å². The molecule has 104 valence electrons. The van der Waals surface area contributed by atoms with Gasteiger partial charge in [0.1, 0.15) is 5.76 Å². The van der Waals surface area contributed by atoms with Crippen LogP contribution in [-0.4, -0.2) is 6.54 Å². The molecule has 3 heteroatoms. The molecule has 2 heterocycles. The van der Waals surface area contributed by atoms with Crippen molar-refractivity contribution in [3.8, 4) is 0 Å². The van der Waals surface area contributed by atoms with Crippen molar-refractivity contribution in [1.29, 1.82) is 0 Å². The van der Waals surface area contributed by atoms with Gasteiger partial charge in [0.2, 0.25) is 0 Å². The monoisotopic (exact) mass is 285 g/mol. The second-order valence-electron chi connectivity index (χ2n) is 4.83. The topological polar surface area (TPSA) is 25.2 Å². The van der Waals surface area contributed by atoms with Crippen LogP contribution in [-0.2, 0) is 6.42 Å². The average molecular weight is 285 g/mol. The molecule has 1 aromatic carbocycles. The predicted octanol–water partition coefficient (Wildman–Crippen LogP) is 4.76. The fourth-order valence-corrected chi connectivity index (χ4v) is 3.70. The van der Waals surface area contributed by atoms with Gasteiger partial charge in [-0.3, -0.25) is 0 Å². The highest BCUT2D eigenvalue weighted by Crippen LogP contribution is 2.35.